The number of hydrogen-bond acceptors (Lipinski definition) is 14. The first-order chi connectivity index (χ1) is 19.1. The number of amides is 2. The van der Waals surface area contributed by atoms with Gasteiger partial charge >= 0.3 is 5.97 Å². The number of oxime groups is 1. The largest absolute Gasteiger partial charge is 0.543 e. The van der Waals surface area contributed by atoms with Gasteiger partial charge in [-0.25, -0.2) is 19.3 Å². The van der Waals surface area contributed by atoms with E-state index in [0.29, 0.717) is 17.1 Å². The van der Waals surface area contributed by atoms with Crippen molar-refractivity contribution in [3.8, 4) is 0 Å². The molecule has 5 heterocycles. The predicted molar refractivity (Wildman–Crippen MR) is 145 cm³/mol. The highest BCUT2D eigenvalue weighted by Gasteiger charge is 2.53. The van der Waals surface area contributed by atoms with Crippen LogP contribution in [0.3, 0.4) is 0 Å². The molecule has 0 saturated carbocycles. The maximum absolute atomic E-state index is 13.1. The molecular weight excluding hydrogens is 603 g/mol. The third-order valence-electron chi connectivity index (χ3n) is 5.67. The summed E-state index contributed by atoms with van der Waals surface area (Å²) in [6.07, 6.45) is 3.84. The molecule has 3 aromatic rings. The predicted octanol–water partition coefficient (Wildman–Crippen LogP) is -0.839. The van der Waals surface area contributed by atoms with Crippen molar-refractivity contribution in [2.45, 2.75) is 15.8 Å². The Bertz CT molecular complexity index is 1600. The van der Waals surface area contributed by atoms with Crippen LogP contribution in [-0.2, 0) is 31.1 Å². The smallest absolute Gasteiger partial charge is 0.344 e. The van der Waals surface area contributed by atoms with E-state index in [1.165, 1.54) is 40.2 Å². The van der Waals surface area contributed by atoms with Gasteiger partial charge in [0.1, 0.15) is 28.9 Å². The van der Waals surface area contributed by atoms with E-state index in [4.69, 9.17) is 15.7 Å². The van der Waals surface area contributed by atoms with Gasteiger partial charge in [-0.2, -0.15) is 0 Å². The average Bonchev–Trinajstić information content (AvgIpc) is 3.52. The van der Waals surface area contributed by atoms with Crippen molar-refractivity contribution < 1.29 is 38.8 Å². The first-order valence-corrected chi connectivity index (χ1v) is 15.1. The molecule has 2 aliphatic heterocycles. The standard InChI is InChI=1S/C22H19N7O7S4/c1-28-3-2-10-12(4-28)40-22(25-10)39-7-9-6-37-19-15(18(33)29(19)16(9)20(34)35)26-17(32)14(27-36-5-13(30)31)11-8-38-21(23)24-11/h2-4,8,15,19H,5-7H2,1H3,(H4-,23,24,26,30,31,32,34,35)/b27-14-/t15?,19-/m0/s1. The second-order valence-electron chi connectivity index (χ2n) is 8.41. The van der Waals surface area contributed by atoms with Crippen LogP contribution < -0.4 is 20.7 Å². The Labute approximate surface area is 241 Å². The topological polar surface area (TPSA) is 204 Å². The number of nitrogen functional groups attached to an aromatic ring is 1. The summed E-state index contributed by atoms with van der Waals surface area (Å²) in [5.74, 6) is -3.71. The Kier molecular flexibility index (Phi) is 7.92. The van der Waals surface area contributed by atoms with E-state index >= 15 is 0 Å². The van der Waals surface area contributed by atoms with E-state index in [-0.39, 0.29) is 22.2 Å². The van der Waals surface area contributed by atoms with Crippen molar-refractivity contribution in [3.63, 3.8) is 0 Å². The summed E-state index contributed by atoms with van der Waals surface area (Å²) in [4.78, 5) is 63.3. The second kappa shape index (κ2) is 11.4. The number of aryl methyl sites for hydroxylation is 1. The zero-order chi connectivity index (χ0) is 28.6. The second-order valence-corrected chi connectivity index (χ2v) is 12.7. The fourth-order valence-corrected chi connectivity index (χ4v) is 8.08. The number of nitrogens with two attached hydrogens (primary N) is 1. The van der Waals surface area contributed by atoms with E-state index in [1.54, 1.807) is 0 Å². The number of carbonyl (C=O) groups excluding carboxylic acids is 3. The molecule has 4 N–H and O–H groups in total. The summed E-state index contributed by atoms with van der Waals surface area (Å²) >= 11 is 5.18. The number of nitrogens with zero attached hydrogens (tertiary/aromatic N) is 5. The number of carbonyl (C=O) groups is 4. The number of aliphatic carboxylic acids is 2. The molecule has 5 rings (SSSR count). The van der Waals surface area contributed by atoms with Gasteiger partial charge in [0.25, 0.3) is 11.8 Å². The quantitative estimate of drug-likeness (QED) is 0.0834. The zero-order valence-electron chi connectivity index (χ0n) is 20.4. The number of hydrogen-bond donors (Lipinski definition) is 3. The van der Waals surface area contributed by atoms with Gasteiger partial charge in [0, 0.05) is 23.0 Å². The normalized spacial score (nSPS) is 18.9. The molecule has 2 aliphatic rings. The van der Waals surface area contributed by atoms with Crippen molar-refractivity contribution >= 4 is 91.0 Å². The molecule has 40 heavy (non-hydrogen) atoms. The molecule has 2 atom stereocenters. The fourth-order valence-electron chi connectivity index (χ4n) is 3.91. The van der Waals surface area contributed by atoms with Crippen LogP contribution in [0.2, 0.25) is 0 Å². The van der Waals surface area contributed by atoms with Crippen LogP contribution in [0, 0.1) is 0 Å². The lowest BCUT2D eigenvalue weighted by molar-refractivity contribution is -0.670. The Balaban J connectivity index is 1.30. The molecule has 3 aromatic heterocycles. The van der Waals surface area contributed by atoms with Gasteiger partial charge in [-0.3, -0.25) is 14.5 Å². The molecule has 2 amide bonds. The summed E-state index contributed by atoms with van der Waals surface area (Å²) in [5, 5.41) is 27.9. The zero-order valence-corrected chi connectivity index (χ0v) is 23.7. The van der Waals surface area contributed by atoms with Crippen LogP contribution in [0.25, 0.3) is 10.2 Å². The summed E-state index contributed by atoms with van der Waals surface area (Å²) in [6, 6.07) is 0.833. The van der Waals surface area contributed by atoms with E-state index in [1.807, 2.05) is 30.1 Å². The average molecular weight is 622 g/mol. The Morgan fingerprint density at radius 3 is 2.90 bits per heavy atom. The lowest BCUT2D eigenvalue weighted by Gasteiger charge is -2.50. The molecule has 208 valence electrons. The summed E-state index contributed by atoms with van der Waals surface area (Å²) in [7, 11) is 1.91. The number of pyridine rings is 1. The minimum Gasteiger partial charge on any atom is -0.543 e. The molecule has 1 saturated heterocycles. The van der Waals surface area contributed by atoms with E-state index < -0.39 is 41.8 Å². The van der Waals surface area contributed by atoms with Crippen LogP contribution in [0.4, 0.5) is 5.13 Å². The molecule has 0 aromatic carbocycles. The molecule has 1 fully saturated rings. The third-order valence-corrected chi connectivity index (χ3v) is 9.92. The van der Waals surface area contributed by atoms with Crippen LogP contribution in [0.5, 0.6) is 0 Å². The van der Waals surface area contributed by atoms with Gasteiger partial charge in [0.15, 0.2) is 27.6 Å². The number of anilines is 1. The molecule has 0 spiro atoms. The Morgan fingerprint density at radius 2 is 2.20 bits per heavy atom. The first-order valence-electron chi connectivity index (χ1n) is 11.3. The molecular formula is C22H19N7O7S4. The van der Waals surface area contributed by atoms with Crippen LogP contribution in [-0.4, -0.2) is 79.0 Å². The number of thiazole rings is 2. The van der Waals surface area contributed by atoms with Crippen molar-refractivity contribution in [3.05, 3.63) is 40.8 Å². The summed E-state index contributed by atoms with van der Waals surface area (Å²) in [6.45, 7) is -0.804. The number of thioether (sulfide) groups is 2. The van der Waals surface area contributed by atoms with Crippen molar-refractivity contribution in [1.29, 1.82) is 0 Å². The lowest BCUT2D eigenvalue weighted by atomic mass is 10.0. The molecule has 18 heteroatoms. The van der Waals surface area contributed by atoms with Gasteiger partial charge < -0.3 is 30.9 Å². The number of carboxylic acid groups (broad SMARTS) is 2. The van der Waals surface area contributed by atoms with Crippen LogP contribution in [0.1, 0.15) is 5.69 Å². The van der Waals surface area contributed by atoms with Gasteiger partial charge in [-0.15, -0.1) is 34.4 Å². The van der Waals surface area contributed by atoms with E-state index in [0.717, 1.165) is 30.8 Å². The van der Waals surface area contributed by atoms with Gasteiger partial charge in [0.05, 0.1) is 17.2 Å². The van der Waals surface area contributed by atoms with Crippen LogP contribution >= 0.6 is 46.2 Å². The van der Waals surface area contributed by atoms with Gasteiger partial charge in [0.2, 0.25) is 6.61 Å². The number of fused-ring (bicyclic) bond motifs is 2. The van der Waals surface area contributed by atoms with Gasteiger partial charge in [-0.1, -0.05) is 16.9 Å². The van der Waals surface area contributed by atoms with Crippen molar-refractivity contribution in [1.82, 2.24) is 20.2 Å². The molecule has 14 nitrogen and oxygen atoms in total. The van der Waals surface area contributed by atoms with Crippen LogP contribution in [0.15, 0.2) is 44.6 Å². The highest BCUT2D eigenvalue weighted by molar-refractivity contribution is 8.02. The maximum Gasteiger partial charge on any atom is 0.344 e. The van der Waals surface area contributed by atoms with Crippen molar-refractivity contribution in [2.24, 2.45) is 12.2 Å². The lowest BCUT2D eigenvalue weighted by Crippen LogP contribution is -2.71. The first kappa shape index (κ1) is 27.8. The molecule has 0 aliphatic carbocycles. The third kappa shape index (κ3) is 5.60. The number of nitrogens with one attached hydrogen (secondary N) is 1. The number of carboxylic acids is 2. The Morgan fingerprint density at radius 1 is 1.40 bits per heavy atom. The van der Waals surface area contributed by atoms with E-state index in [2.05, 4.69) is 20.4 Å². The summed E-state index contributed by atoms with van der Waals surface area (Å²) in [5.41, 5.74) is 6.42. The monoisotopic (exact) mass is 621 g/mol. The SMILES string of the molecule is C[n+]1ccc2nc(SCC3=C(C(=O)[O-])N4C(=O)C(NC(=O)/C(=N\OCC(=O)O)c5csc(N)n5)[C@@H]4SC3)sc2c1. The molecule has 0 bridgehead atoms. The number of β-lactam (4-membered cyclic amide) rings is 1. The number of rotatable bonds is 10. The molecule has 1 unspecified atom stereocenters. The highest BCUT2D eigenvalue weighted by Crippen LogP contribution is 2.42. The minimum atomic E-state index is -1.49. The fraction of sp³-hybridized carbons (Fsp3) is 0.273. The number of aromatic nitrogens is 3. The molecule has 0 radical (unpaired) electrons. The minimum absolute atomic E-state index is 0.0311. The van der Waals surface area contributed by atoms with Gasteiger partial charge in [-0.05, 0) is 5.57 Å². The van der Waals surface area contributed by atoms with E-state index in [9.17, 15) is 24.3 Å². The highest BCUT2D eigenvalue weighted by atomic mass is 32.2. The van der Waals surface area contributed by atoms with Crippen molar-refractivity contribution in [2.75, 3.05) is 23.8 Å². The maximum atomic E-state index is 13.1. The Hall–Kier alpha value is -3.74. The summed E-state index contributed by atoms with van der Waals surface area (Å²) < 4.78 is 3.67.